The number of aromatic nitrogens is 3. The molecule has 1 heterocycles. The highest BCUT2D eigenvalue weighted by Gasteiger charge is 2.35. The Morgan fingerprint density at radius 2 is 2.24 bits per heavy atom. The summed E-state index contributed by atoms with van der Waals surface area (Å²) in [6.45, 7) is 6.91. The Hall–Kier alpha value is -0.640. The third-order valence-electron chi connectivity index (χ3n) is 4.01. The van der Waals surface area contributed by atoms with Gasteiger partial charge in [-0.05, 0) is 36.9 Å². The second-order valence-electron chi connectivity index (χ2n) is 5.82. The van der Waals surface area contributed by atoms with E-state index in [1.165, 1.54) is 25.7 Å². The van der Waals surface area contributed by atoms with E-state index < -0.39 is 0 Å². The van der Waals surface area contributed by atoms with Crippen LogP contribution in [0.5, 0.6) is 0 Å². The number of H-pyrrole nitrogens is 1. The molecule has 1 fully saturated rings. The quantitative estimate of drug-likeness (QED) is 0.825. The Labute approximate surface area is 109 Å². The highest BCUT2D eigenvalue weighted by molar-refractivity contribution is 7.71. The highest BCUT2D eigenvalue weighted by Crippen LogP contribution is 2.44. The van der Waals surface area contributed by atoms with E-state index in [-0.39, 0.29) is 0 Å². The Morgan fingerprint density at radius 1 is 1.47 bits per heavy atom. The highest BCUT2D eigenvalue weighted by atomic mass is 32.1. The summed E-state index contributed by atoms with van der Waals surface area (Å²) in [5, 5.41) is 7.36. The summed E-state index contributed by atoms with van der Waals surface area (Å²) in [5.74, 6) is 1.14. The van der Waals surface area contributed by atoms with Crippen molar-refractivity contribution in [3.05, 3.63) is 10.6 Å². The topological polar surface area (TPSA) is 33.6 Å². The zero-order chi connectivity index (χ0) is 12.5. The predicted molar refractivity (Wildman–Crippen MR) is 72.7 cm³/mol. The van der Waals surface area contributed by atoms with Crippen LogP contribution >= 0.6 is 12.2 Å². The average molecular weight is 253 g/mol. The zero-order valence-corrected chi connectivity index (χ0v) is 11.9. The summed E-state index contributed by atoms with van der Waals surface area (Å²) in [6, 6.07) is 0.518. The van der Waals surface area contributed by atoms with Crippen LogP contribution in [0.1, 0.15) is 64.7 Å². The average Bonchev–Trinajstić information content (AvgIpc) is 2.61. The molecule has 1 aromatic rings. The van der Waals surface area contributed by atoms with E-state index in [2.05, 4.69) is 35.5 Å². The van der Waals surface area contributed by atoms with Crippen molar-refractivity contribution in [1.82, 2.24) is 14.8 Å². The molecule has 0 aromatic carbocycles. The lowest BCUT2D eigenvalue weighted by Crippen LogP contribution is -2.31. The van der Waals surface area contributed by atoms with Gasteiger partial charge in [-0.15, -0.1) is 0 Å². The fourth-order valence-corrected chi connectivity index (χ4v) is 3.29. The number of aryl methyl sites for hydroxylation is 1. The van der Waals surface area contributed by atoms with Crippen LogP contribution in [0.2, 0.25) is 0 Å². The lowest BCUT2D eigenvalue weighted by atomic mass is 9.73. The van der Waals surface area contributed by atoms with Crippen LogP contribution in [0.15, 0.2) is 0 Å². The minimum absolute atomic E-state index is 0.336. The van der Waals surface area contributed by atoms with Gasteiger partial charge in [0, 0.05) is 12.5 Å². The first kappa shape index (κ1) is 12.8. The maximum Gasteiger partial charge on any atom is 0.195 e. The molecule has 1 saturated carbocycles. The second-order valence-corrected chi connectivity index (χ2v) is 6.20. The van der Waals surface area contributed by atoms with Crippen molar-refractivity contribution in [1.29, 1.82) is 0 Å². The summed E-state index contributed by atoms with van der Waals surface area (Å²) in [6.07, 6.45) is 7.31. The smallest absolute Gasteiger partial charge is 0.195 e. The summed E-state index contributed by atoms with van der Waals surface area (Å²) in [4.78, 5) is 0. The van der Waals surface area contributed by atoms with E-state index in [1.807, 2.05) is 0 Å². The minimum Gasteiger partial charge on any atom is -0.300 e. The van der Waals surface area contributed by atoms with Gasteiger partial charge >= 0.3 is 0 Å². The zero-order valence-electron chi connectivity index (χ0n) is 11.1. The van der Waals surface area contributed by atoms with Gasteiger partial charge in [0.25, 0.3) is 0 Å². The molecule has 17 heavy (non-hydrogen) atoms. The van der Waals surface area contributed by atoms with Crippen LogP contribution in [0.3, 0.4) is 0 Å². The van der Waals surface area contributed by atoms with Crippen molar-refractivity contribution in [3.63, 3.8) is 0 Å². The van der Waals surface area contributed by atoms with E-state index in [0.717, 1.165) is 23.4 Å². The van der Waals surface area contributed by atoms with E-state index >= 15 is 0 Å². The van der Waals surface area contributed by atoms with Crippen LogP contribution in [0, 0.1) is 10.2 Å². The molecule has 1 N–H and O–H groups in total. The number of hydrogen-bond donors (Lipinski definition) is 1. The van der Waals surface area contributed by atoms with E-state index in [0.29, 0.717) is 11.5 Å². The fourth-order valence-electron chi connectivity index (χ4n) is 3.01. The standard InChI is InChI=1S/C13H23N3S/c1-4-7-11-14-15-12(17)16(11)10-8-5-6-9-13(10,2)3/h10H,4-9H2,1-3H3,(H,15,17). The summed E-state index contributed by atoms with van der Waals surface area (Å²) in [5.41, 5.74) is 0.336. The predicted octanol–water partition coefficient (Wildman–Crippen LogP) is 4.03. The summed E-state index contributed by atoms with van der Waals surface area (Å²) in [7, 11) is 0. The maximum atomic E-state index is 5.42. The molecule has 3 nitrogen and oxygen atoms in total. The van der Waals surface area contributed by atoms with Crippen LogP contribution in [-0.2, 0) is 6.42 Å². The van der Waals surface area contributed by atoms with Gasteiger partial charge in [-0.2, -0.15) is 5.10 Å². The van der Waals surface area contributed by atoms with Gasteiger partial charge < -0.3 is 4.57 Å². The molecule has 4 heteroatoms. The van der Waals surface area contributed by atoms with Crippen molar-refractivity contribution >= 4 is 12.2 Å². The molecule has 0 aliphatic heterocycles. The van der Waals surface area contributed by atoms with Gasteiger partial charge in [-0.3, -0.25) is 5.10 Å². The first-order valence-electron chi connectivity index (χ1n) is 6.72. The van der Waals surface area contributed by atoms with Crippen molar-refractivity contribution < 1.29 is 0 Å². The molecule has 0 amide bonds. The Kier molecular flexibility index (Phi) is 3.71. The monoisotopic (exact) mass is 253 g/mol. The maximum absolute atomic E-state index is 5.42. The molecule has 1 aliphatic rings. The molecule has 1 atom stereocenters. The Morgan fingerprint density at radius 3 is 2.88 bits per heavy atom. The number of nitrogens with one attached hydrogen (secondary N) is 1. The minimum atomic E-state index is 0.336. The number of nitrogens with zero attached hydrogens (tertiary/aromatic N) is 2. The first-order valence-corrected chi connectivity index (χ1v) is 7.13. The van der Waals surface area contributed by atoms with Crippen molar-refractivity contribution in [2.24, 2.45) is 5.41 Å². The van der Waals surface area contributed by atoms with E-state index in [1.54, 1.807) is 0 Å². The molecule has 1 aliphatic carbocycles. The molecular formula is C13H23N3S. The lowest BCUT2D eigenvalue weighted by Gasteiger charge is -2.39. The third-order valence-corrected chi connectivity index (χ3v) is 4.30. The molecule has 1 unspecified atom stereocenters. The third kappa shape index (κ3) is 2.46. The largest absolute Gasteiger partial charge is 0.300 e. The second kappa shape index (κ2) is 4.92. The van der Waals surface area contributed by atoms with E-state index in [4.69, 9.17) is 12.2 Å². The van der Waals surface area contributed by atoms with Gasteiger partial charge in [-0.25, -0.2) is 0 Å². The van der Waals surface area contributed by atoms with Crippen LogP contribution in [0.4, 0.5) is 0 Å². The van der Waals surface area contributed by atoms with Gasteiger partial charge in [0.05, 0.1) is 0 Å². The number of rotatable bonds is 3. The van der Waals surface area contributed by atoms with Gasteiger partial charge in [-0.1, -0.05) is 33.6 Å². The molecule has 1 aromatic heterocycles. The number of aromatic amines is 1. The molecule has 96 valence electrons. The molecule has 2 rings (SSSR count). The molecule has 0 radical (unpaired) electrons. The van der Waals surface area contributed by atoms with Crippen molar-refractivity contribution in [2.75, 3.05) is 0 Å². The molecular weight excluding hydrogens is 230 g/mol. The fraction of sp³-hybridized carbons (Fsp3) is 0.846. The number of hydrogen-bond acceptors (Lipinski definition) is 2. The Bertz CT molecular complexity index is 430. The van der Waals surface area contributed by atoms with E-state index in [9.17, 15) is 0 Å². The summed E-state index contributed by atoms with van der Waals surface area (Å²) < 4.78 is 3.09. The van der Waals surface area contributed by atoms with Crippen molar-refractivity contribution in [3.8, 4) is 0 Å². The van der Waals surface area contributed by atoms with Crippen LogP contribution < -0.4 is 0 Å². The van der Waals surface area contributed by atoms with Gasteiger partial charge in [0.1, 0.15) is 5.82 Å². The first-order chi connectivity index (χ1) is 8.06. The molecule has 0 bridgehead atoms. The Balaban J connectivity index is 2.37. The van der Waals surface area contributed by atoms with Crippen molar-refractivity contribution in [2.45, 2.75) is 65.3 Å². The van der Waals surface area contributed by atoms with Gasteiger partial charge in [0.2, 0.25) is 0 Å². The van der Waals surface area contributed by atoms with Crippen LogP contribution in [-0.4, -0.2) is 14.8 Å². The molecule has 0 spiro atoms. The lowest BCUT2D eigenvalue weighted by molar-refractivity contribution is 0.140. The summed E-state index contributed by atoms with van der Waals surface area (Å²) >= 11 is 5.42. The van der Waals surface area contributed by atoms with Gasteiger partial charge in [0.15, 0.2) is 4.77 Å². The molecule has 0 saturated heterocycles. The normalized spacial score (nSPS) is 23.8. The SMILES string of the molecule is CCCc1n[nH]c(=S)n1C1CCCCC1(C)C. The van der Waals surface area contributed by atoms with Crippen LogP contribution in [0.25, 0.3) is 0 Å².